The summed E-state index contributed by atoms with van der Waals surface area (Å²) in [6.07, 6.45) is 1.27. The molecule has 0 aliphatic carbocycles. The maximum Gasteiger partial charge on any atom is 0.282 e. The first kappa shape index (κ1) is 15.3. The Labute approximate surface area is 126 Å². The predicted octanol–water partition coefficient (Wildman–Crippen LogP) is 2.23. The minimum Gasteiger partial charge on any atom is -0.324 e. The molecule has 0 aromatic heterocycles. The molecule has 1 saturated heterocycles. The lowest BCUT2D eigenvalue weighted by Gasteiger charge is -2.35. The second-order valence-corrected chi connectivity index (χ2v) is 6.67. The van der Waals surface area contributed by atoms with Crippen LogP contribution in [0, 0.1) is 11.8 Å². The fourth-order valence-electron chi connectivity index (χ4n) is 3.15. The molecule has 4 atom stereocenters. The van der Waals surface area contributed by atoms with Crippen LogP contribution >= 0.6 is 11.6 Å². The molecule has 4 heteroatoms. The molecule has 0 spiro atoms. The van der Waals surface area contributed by atoms with E-state index in [9.17, 15) is 4.79 Å². The number of hydrogen-bond donors (Lipinski definition) is 2. The summed E-state index contributed by atoms with van der Waals surface area (Å²) in [7, 11) is 0. The van der Waals surface area contributed by atoms with Crippen LogP contribution in [0.25, 0.3) is 0 Å². The zero-order valence-corrected chi connectivity index (χ0v) is 13.2. The molecular weight excluding hydrogens is 272 g/mol. The van der Waals surface area contributed by atoms with Crippen LogP contribution in [-0.2, 0) is 4.79 Å². The van der Waals surface area contributed by atoms with Gasteiger partial charge in [0.15, 0.2) is 6.04 Å². The largest absolute Gasteiger partial charge is 0.324 e. The minimum atomic E-state index is -0.0177. The number of likely N-dealkylation sites (tertiary alicyclic amines) is 1. The highest BCUT2D eigenvalue weighted by Crippen LogP contribution is 2.14. The molecule has 1 aliphatic rings. The van der Waals surface area contributed by atoms with Gasteiger partial charge in [0, 0.05) is 22.5 Å². The number of carbonyl (C=O) groups is 1. The van der Waals surface area contributed by atoms with Gasteiger partial charge >= 0.3 is 0 Å². The van der Waals surface area contributed by atoms with E-state index in [2.05, 4.69) is 19.2 Å². The first-order chi connectivity index (χ1) is 9.45. The maximum atomic E-state index is 12.3. The number of nitrogens with one attached hydrogen (secondary N) is 2. The second-order valence-electron chi connectivity index (χ2n) is 6.23. The Hall–Kier alpha value is -1.06. The van der Waals surface area contributed by atoms with Gasteiger partial charge in [0.05, 0.1) is 13.1 Å². The van der Waals surface area contributed by atoms with E-state index in [1.54, 1.807) is 12.1 Å². The molecule has 3 nitrogen and oxygen atoms in total. The summed E-state index contributed by atoms with van der Waals surface area (Å²) in [6.45, 7) is 8.74. The summed E-state index contributed by atoms with van der Waals surface area (Å²) in [4.78, 5) is 13.7. The first-order valence-electron chi connectivity index (χ1n) is 7.36. The summed E-state index contributed by atoms with van der Waals surface area (Å²) < 4.78 is 0. The molecule has 1 amide bonds. The molecule has 1 aromatic carbocycles. The standard InChI is InChI=1S/C16H23ClN2O/c1-11-8-12(2)10-19(9-11)13(3)16(20)18-15-6-4-14(17)5-7-15/h4-7,11-13H,8-10H2,1-3H3,(H,18,20)/p+1/t11-,12+,13-/m0/s1. The molecule has 1 unspecified atom stereocenters. The number of quaternary nitrogens is 1. The van der Waals surface area contributed by atoms with Crippen molar-refractivity contribution < 1.29 is 9.69 Å². The van der Waals surface area contributed by atoms with Crippen LogP contribution in [0.4, 0.5) is 5.69 Å². The van der Waals surface area contributed by atoms with Crippen LogP contribution in [0.15, 0.2) is 24.3 Å². The third-order valence-electron chi connectivity index (χ3n) is 4.14. The van der Waals surface area contributed by atoms with Gasteiger partial charge in [-0.2, -0.15) is 0 Å². The Morgan fingerprint density at radius 1 is 1.25 bits per heavy atom. The van der Waals surface area contributed by atoms with E-state index in [-0.39, 0.29) is 11.9 Å². The van der Waals surface area contributed by atoms with Crippen molar-refractivity contribution in [2.75, 3.05) is 18.4 Å². The number of rotatable bonds is 3. The van der Waals surface area contributed by atoms with Crippen molar-refractivity contribution in [2.45, 2.75) is 33.2 Å². The second kappa shape index (κ2) is 6.59. The van der Waals surface area contributed by atoms with Crippen LogP contribution < -0.4 is 10.2 Å². The van der Waals surface area contributed by atoms with Gasteiger partial charge in [-0.05, 0) is 37.6 Å². The van der Waals surface area contributed by atoms with Crippen LogP contribution in [0.2, 0.25) is 5.02 Å². The Bertz CT molecular complexity index is 450. The summed E-state index contributed by atoms with van der Waals surface area (Å²) >= 11 is 5.85. The molecule has 1 heterocycles. The SMILES string of the molecule is C[C@@H]1C[C@H](C)C[NH+]([C@@H](C)C(=O)Nc2ccc(Cl)cc2)C1. The van der Waals surface area contributed by atoms with Crippen LogP contribution in [-0.4, -0.2) is 25.0 Å². The molecule has 0 radical (unpaired) electrons. The molecule has 110 valence electrons. The van der Waals surface area contributed by atoms with Gasteiger partial charge in [-0.1, -0.05) is 25.4 Å². The average Bonchev–Trinajstić information content (AvgIpc) is 2.39. The number of carbonyl (C=O) groups excluding carboxylic acids is 1. The van der Waals surface area contributed by atoms with Gasteiger partial charge in [0.1, 0.15) is 0 Å². The van der Waals surface area contributed by atoms with Crippen LogP contribution in [0.3, 0.4) is 0 Å². The van der Waals surface area contributed by atoms with E-state index in [1.165, 1.54) is 11.3 Å². The van der Waals surface area contributed by atoms with Gasteiger partial charge in [0.25, 0.3) is 5.91 Å². The van der Waals surface area contributed by atoms with E-state index >= 15 is 0 Å². The molecule has 1 fully saturated rings. The van der Waals surface area contributed by atoms with Crippen molar-refractivity contribution in [1.29, 1.82) is 0 Å². The summed E-state index contributed by atoms with van der Waals surface area (Å²) in [6, 6.07) is 7.24. The smallest absolute Gasteiger partial charge is 0.282 e. The molecule has 2 rings (SSSR count). The zero-order chi connectivity index (χ0) is 14.7. The molecule has 0 bridgehead atoms. The Kier molecular flexibility index (Phi) is 5.06. The lowest BCUT2D eigenvalue weighted by Crippen LogP contribution is -3.18. The Balaban J connectivity index is 1.96. The van der Waals surface area contributed by atoms with E-state index in [0.29, 0.717) is 16.9 Å². The summed E-state index contributed by atoms with van der Waals surface area (Å²) in [5.41, 5.74) is 0.809. The summed E-state index contributed by atoms with van der Waals surface area (Å²) in [5.74, 6) is 1.47. The zero-order valence-electron chi connectivity index (χ0n) is 12.4. The number of halogens is 1. The van der Waals surface area contributed by atoms with E-state index in [0.717, 1.165) is 18.8 Å². The fourth-order valence-corrected chi connectivity index (χ4v) is 3.28. The normalized spacial score (nSPS) is 27.9. The van der Waals surface area contributed by atoms with Crippen molar-refractivity contribution in [3.63, 3.8) is 0 Å². The van der Waals surface area contributed by atoms with Crippen molar-refractivity contribution in [2.24, 2.45) is 11.8 Å². The third kappa shape index (κ3) is 3.97. The van der Waals surface area contributed by atoms with Crippen LogP contribution in [0.1, 0.15) is 27.2 Å². The third-order valence-corrected chi connectivity index (χ3v) is 4.40. The van der Waals surface area contributed by atoms with Gasteiger partial charge in [-0.25, -0.2) is 0 Å². The monoisotopic (exact) mass is 295 g/mol. The molecule has 2 N–H and O–H groups in total. The first-order valence-corrected chi connectivity index (χ1v) is 7.74. The Morgan fingerprint density at radius 3 is 2.35 bits per heavy atom. The quantitative estimate of drug-likeness (QED) is 0.881. The van der Waals surface area contributed by atoms with E-state index in [1.807, 2.05) is 19.1 Å². The van der Waals surface area contributed by atoms with Gasteiger partial charge in [-0.3, -0.25) is 4.79 Å². The number of benzene rings is 1. The molecule has 0 saturated carbocycles. The minimum absolute atomic E-state index is 0.0177. The number of piperidine rings is 1. The predicted molar refractivity (Wildman–Crippen MR) is 83.2 cm³/mol. The van der Waals surface area contributed by atoms with Crippen molar-refractivity contribution in [3.8, 4) is 0 Å². The van der Waals surface area contributed by atoms with Gasteiger partial charge in [-0.15, -0.1) is 0 Å². The molecular formula is C16H24ClN2O+. The molecule has 1 aromatic rings. The van der Waals surface area contributed by atoms with E-state index < -0.39 is 0 Å². The highest BCUT2D eigenvalue weighted by Gasteiger charge is 2.32. The van der Waals surface area contributed by atoms with Crippen molar-refractivity contribution in [1.82, 2.24) is 0 Å². The number of amides is 1. The highest BCUT2D eigenvalue weighted by molar-refractivity contribution is 6.30. The van der Waals surface area contributed by atoms with Gasteiger partial charge < -0.3 is 10.2 Å². The fraction of sp³-hybridized carbons (Fsp3) is 0.562. The topological polar surface area (TPSA) is 33.5 Å². The summed E-state index contributed by atoms with van der Waals surface area (Å²) in [5, 5.41) is 3.66. The maximum absolute atomic E-state index is 12.3. The number of hydrogen-bond acceptors (Lipinski definition) is 1. The lowest BCUT2D eigenvalue weighted by molar-refractivity contribution is -0.925. The van der Waals surface area contributed by atoms with E-state index in [4.69, 9.17) is 11.6 Å². The Morgan fingerprint density at radius 2 is 1.80 bits per heavy atom. The molecule has 20 heavy (non-hydrogen) atoms. The lowest BCUT2D eigenvalue weighted by atomic mass is 9.91. The van der Waals surface area contributed by atoms with Gasteiger partial charge in [0.2, 0.25) is 0 Å². The van der Waals surface area contributed by atoms with Crippen LogP contribution in [0.5, 0.6) is 0 Å². The highest BCUT2D eigenvalue weighted by atomic mass is 35.5. The molecule has 1 aliphatic heterocycles. The number of anilines is 1. The van der Waals surface area contributed by atoms with Crippen molar-refractivity contribution >= 4 is 23.2 Å². The van der Waals surface area contributed by atoms with Crippen molar-refractivity contribution in [3.05, 3.63) is 29.3 Å². The average molecular weight is 296 g/mol.